The first kappa shape index (κ1) is 14.5. The van der Waals surface area contributed by atoms with Crippen LogP contribution in [-0.4, -0.2) is 61.6 Å². The molecule has 5 nitrogen and oxygen atoms in total. The number of piperidine rings is 2. The van der Waals surface area contributed by atoms with Crippen molar-refractivity contribution in [3.05, 3.63) is 18.0 Å². The van der Waals surface area contributed by atoms with Crippen LogP contribution in [0.15, 0.2) is 12.4 Å². The van der Waals surface area contributed by atoms with Gasteiger partial charge in [0.25, 0.3) is 0 Å². The van der Waals surface area contributed by atoms with Crippen molar-refractivity contribution in [3.63, 3.8) is 0 Å². The summed E-state index contributed by atoms with van der Waals surface area (Å²) in [6.07, 6.45) is 8.07. The lowest BCUT2D eigenvalue weighted by Crippen LogP contribution is -2.46. The second kappa shape index (κ2) is 5.75. The Labute approximate surface area is 127 Å². The summed E-state index contributed by atoms with van der Waals surface area (Å²) in [4.78, 5) is 24.2. The number of aromatic nitrogens is 2. The molecular formula is C15H21BN4O. The summed E-state index contributed by atoms with van der Waals surface area (Å²) in [6.45, 7) is 4.42. The van der Waals surface area contributed by atoms with Crippen LogP contribution in [0.2, 0.25) is 0 Å². The minimum absolute atomic E-state index is 0.363. The molecule has 0 atom stereocenters. The maximum absolute atomic E-state index is 11.0. The molecule has 3 heterocycles. The summed E-state index contributed by atoms with van der Waals surface area (Å²) >= 11 is 0. The van der Waals surface area contributed by atoms with Crippen LogP contribution in [0.25, 0.3) is 0 Å². The number of carbonyl (C=O) groups excluding carboxylic acids is 1. The zero-order valence-corrected chi connectivity index (χ0v) is 12.6. The molecule has 2 radical (unpaired) electrons. The van der Waals surface area contributed by atoms with Crippen LogP contribution in [0.4, 0.5) is 5.95 Å². The lowest BCUT2D eigenvalue weighted by atomic mass is 9.71. The van der Waals surface area contributed by atoms with E-state index in [9.17, 15) is 4.79 Å². The number of anilines is 1. The van der Waals surface area contributed by atoms with E-state index in [-0.39, 0.29) is 0 Å². The van der Waals surface area contributed by atoms with Gasteiger partial charge in [-0.1, -0.05) is 0 Å². The summed E-state index contributed by atoms with van der Waals surface area (Å²) in [5, 5.41) is 0. The third-order valence-corrected chi connectivity index (χ3v) is 5.08. The van der Waals surface area contributed by atoms with Crippen LogP contribution < -0.4 is 4.90 Å². The lowest BCUT2D eigenvalue weighted by molar-refractivity contribution is 0.0941. The zero-order chi connectivity index (χ0) is 14.9. The highest BCUT2D eigenvalue weighted by Crippen LogP contribution is 2.41. The van der Waals surface area contributed by atoms with Crippen molar-refractivity contribution in [1.29, 1.82) is 0 Å². The fraction of sp³-hybridized carbons (Fsp3) is 0.667. The van der Waals surface area contributed by atoms with E-state index in [0.717, 1.165) is 13.1 Å². The minimum Gasteiger partial charge on any atom is -0.341 e. The van der Waals surface area contributed by atoms with E-state index < -0.39 is 5.68 Å². The van der Waals surface area contributed by atoms with Crippen LogP contribution in [0.3, 0.4) is 0 Å². The molecule has 2 saturated heterocycles. The molecule has 1 aromatic rings. The van der Waals surface area contributed by atoms with Gasteiger partial charge in [-0.3, -0.25) is 0 Å². The molecular weight excluding hydrogens is 263 g/mol. The number of rotatable bonds is 2. The Bertz CT molecular complexity index is 501. The van der Waals surface area contributed by atoms with Crippen LogP contribution in [-0.2, 0) is 0 Å². The first-order valence-corrected chi connectivity index (χ1v) is 7.63. The first-order chi connectivity index (χ1) is 10.1. The van der Waals surface area contributed by atoms with Crippen LogP contribution in [0.1, 0.15) is 36.0 Å². The van der Waals surface area contributed by atoms with Crippen molar-refractivity contribution >= 4 is 19.5 Å². The number of hydrogen-bond acceptors (Lipinski definition) is 5. The molecule has 0 aliphatic carbocycles. The Morgan fingerprint density at radius 3 is 2.14 bits per heavy atom. The summed E-state index contributed by atoms with van der Waals surface area (Å²) < 4.78 is 0. The quantitative estimate of drug-likeness (QED) is 0.761. The topological polar surface area (TPSA) is 49.3 Å². The smallest absolute Gasteiger partial charge is 0.225 e. The molecule has 2 aliphatic rings. The van der Waals surface area contributed by atoms with Crippen molar-refractivity contribution in [3.8, 4) is 0 Å². The predicted molar refractivity (Wildman–Crippen MR) is 82.7 cm³/mol. The van der Waals surface area contributed by atoms with E-state index in [1.807, 2.05) is 0 Å². The largest absolute Gasteiger partial charge is 0.341 e. The van der Waals surface area contributed by atoms with Gasteiger partial charge >= 0.3 is 0 Å². The predicted octanol–water partition coefficient (Wildman–Crippen LogP) is 1.10. The van der Waals surface area contributed by atoms with Crippen LogP contribution >= 0.6 is 0 Å². The zero-order valence-electron chi connectivity index (χ0n) is 12.6. The Hall–Kier alpha value is -1.43. The van der Waals surface area contributed by atoms with Gasteiger partial charge in [0, 0.05) is 31.0 Å². The van der Waals surface area contributed by atoms with Crippen molar-refractivity contribution in [2.75, 3.05) is 38.1 Å². The monoisotopic (exact) mass is 284 g/mol. The Morgan fingerprint density at radius 1 is 1.10 bits per heavy atom. The molecule has 0 saturated carbocycles. The Balaban J connectivity index is 1.61. The molecule has 0 N–H and O–H groups in total. The highest BCUT2D eigenvalue weighted by molar-refractivity contribution is 6.62. The summed E-state index contributed by atoms with van der Waals surface area (Å²) in [5.74, 6) is 0.711. The average molecular weight is 284 g/mol. The SMILES string of the molecule is [B]C(=O)c1cnc(N2CCC3(CCN(C)CC3)CC2)nc1. The molecule has 1 spiro atoms. The number of hydrogen-bond donors (Lipinski definition) is 0. The highest BCUT2D eigenvalue weighted by Gasteiger charge is 2.37. The van der Waals surface area contributed by atoms with Gasteiger partial charge in [0.2, 0.25) is 5.95 Å². The fourth-order valence-electron chi connectivity index (χ4n) is 3.39. The summed E-state index contributed by atoms with van der Waals surface area (Å²) in [6, 6.07) is 0. The Kier molecular flexibility index (Phi) is 3.98. The highest BCUT2D eigenvalue weighted by atomic mass is 16.1. The van der Waals surface area contributed by atoms with Gasteiger partial charge in [-0.25, -0.2) is 9.97 Å². The molecule has 3 rings (SSSR count). The van der Waals surface area contributed by atoms with Gasteiger partial charge in [0.05, 0.1) is 0 Å². The van der Waals surface area contributed by atoms with Gasteiger partial charge in [0.15, 0.2) is 7.85 Å². The molecule has 110 valence electrons. The second-order valence-electron chi connectivity index (χ2n) is 6.43. The number of carbonyl (C=O) groups is 1. The summed E-state index contributed by atoms with van der Waals surface area (Å²) in [7, 11) is 7.41. The molecule has 0 bridgehead atoms. The van der Waals surface area contributed by atoms with Crippen molar-refractivity contribution < 1.29 is 4.79 Å². The molecule has 6 heteroatoms. The van der Waals surface area contributed by atoms with Gasteiger partial charge < -0.3 is 14.6 Å². The van der Waals surface area contributed by atoms with Gasteiger partial charge in [-0.15, -0.1) is 0 Å². The van der Waals surface area contributed by atoms with E-state index in [4.69, 9.17) is 7.85 Å². The molecule has 2 fully saturated rings. The van der Waals surface area contributed by atoms with E-state index in [1.54, 1.807) is 0 Å². The number of likely N-dealkylation sites (tertiary alicyclic amines) is 1. The van der Waals surface area contributed by atoms with Gasteiger partial charge in [0.1, 0.15) is 5.68 Å². The first-order valence-electron chi connectivity index (χ1n) is 7.63. The van der Waals surface area contributed by atoms with Crippen LogP contribution in [0.5, 0.6) is 0 Å². The summed E-state index contributed by atoms with van der Waals surface area (Å²) in [5.41, 5.74) is 0.406. The molecule has 2 aliphatic heterocycles. The third kappa shape index (κ3) is 3.10. The maximum atomic E-state index is 11.0. The van der Waals surface area contributed by atoms with Gasteiger partial charge in [-0.2, -0.15) is 0 Å². The second-order valence-corrected chi connectivity index (χ2v) is 6.43. The molecule has 0 unspecified atom stereocenters. The van der Waals surface area contributed by atoms with E-state index in [2.05, 4.69) is 26.8 Å². The fourth-order valence-corrected chi connectivity index (χ4v) is 3.39. The molecule has 0 amide bonds. The van der Waals surface area contributed by atoms with E-state index in [0.29, 0.717) is 16.9 Å². The van der Waals surface area contributed by atoms with Crippen molar-refractivity contribution in [2.45, 2.75) is 25.7 Å². The molecule has 21 heavy (non-hydrogen) atoms. The van der Waals surface area contributed by atoms with Crippen molar-refractivity contribution in [2.24, 2.45) is 5.41 Å². The molecule has 0 aromatic carbocycles. The van der Waals surface area contributed by atoms with Crippen molar-refractivity contribution in [1.82, 2.24) is 14.9 Å². The molecule has 1 aromatic heterocycles. The number of nitrogens with zero attached hydrogens (tertiary/aromatic N) is 4. The minimum atomic E-state index is -0.481. The van der Waals surface area contributed by atoms with Crippen LogP contribution in [0, 0.1) is 5.41 Å². The standard InChI is InChI=1S/C15H21BN4O/c1-19-6-2-15(3-7-19)4-8-20(9-5-15)14-17-10-12(11-18-14)13(16)21/h10-11H,2-9H2,1H3. The maximum Gasteiger partial charge on any atom is 0.225 e. The van der Waals surface area contributed by atoms with E-state index >= 15 is 0 Å². The average Bonchev–Trinajstić information content (AvgIpc) is 2.51. The normalized spacial score (nSPS) is 22.4. The Morgan fingerprint density at radius 2 is 1.62 bits per heavy atom. The van der Waals surface area contributed by atoms with E-state index in [1.165, 1.54) is 51.2 Å². The lowest BCUT2D eigenvalue weighted by Gasteiger charge is -2.46. The van der Waals surface area contributed by atoms with Gasteiger partial charge in [-0.05, 0) is 51.2 Å². The third-order valence-electron chi connectivity index (χ3n) is 5.08.